The van der Waals surface area contributed by atoms with E-state index in [0.717, 1.165) is 22.0 Å². The maximum atomic E-state index is 9.99. The number of rotatable bonds is 3. The summed E-state index contributed by atoms with van der Waals surface area (Å²) in [6.07, 6.45) is -1.21. The second-order valence-electron chi connectivity index (χ2n) is 5.83. The van der Waals surface area contributed by atoms with E-state index in [-0.39, 0.29) is 19.6 Å². The predicted octanol–water partition coefficient (Wildman–Crippen LogP) is 1.24. The van der Waals surface area contributed by atoms with E-state index in [4.69, 9.17) is 4.74 Å². The van der Waals surface area contributed by atoms with Crippen LogP contribution >= 0.6 is 0 Å². The van der Waals surface area contributed by atoms with Crippen molar-refractivity contribution in [3.05, 3.63) is 35.5 Å². The van der Waals surface area contributed by atoms with Crippen LogP contribution in [0.2, 0.25) is 0 Å². The number of aromatic nitrogens is 1. The Morgan fingerprint density at radius 2 is 1.92 bits per heavy atom. The van der Waals surface area contributed by atoms with Crippen molar-refractivity contribution in [1.82, 2.24) is 4.57 Å². The standard InChI is InChI=1S/C16H21NO5.C2H6/c1-17-3-2-9-4-10(7-18)11(5-12(9)17)14-6-13(20)16(21)15(8-19)22-14;1-2/h2-5,13-16,18-21H,6-8H2,1H3;1-2H3/t13?,14?,15?,16-;/m0./s1. The van der Waals surface area contributed by atoms with Gasteiger partial charge in [0.15, 0.2) is 0 Å². The lowest BCUT2D eigenvalue weighted by molar-refractivity contribution is -0.181. The molecule has 0 aliphatic carbocycles. The molecule has 2 aromatic rings. The van der Waals surface area contributed by atoms with Crippen LogP contribution in [0.5, 0.6) is 0 Å². The quantitative estimate of drug-likeness (QED) is 0.676. The first-order chi connectivity index (χ1) is 11.5. The van der Waals surface area contributed by atoms with Crippen LogP contribution in [-0.2, 0) is 18.4 Å². The van der Waals surface area contributed by atoms with Gasteiger partial charge in [-0.1, -0.05) is 13.8 Å². The third-order valence-corrected chi connectivity index (χ3v) is 4.41. The highest BCUT2D eigenvalue weighted by atomic mass is 16.5. The number of ether oxygens (including phenoxy) is 1. The molecule has 0 bridgehead atoms. The molecule has 24 heavy (non-hydrogen) atoms. The summed E-state index contributed by atoms with van der Waals surface area (Å²) in [6, 6.07) is 5.80. The summed E-state index contributed by atoms with van der Waals surface area (Å²) >= 11 is 0. The zero-order chi connectivity index (χ0) is 17.9. The van der Waals surface area contributed by atoms with E-state index in [0.29, 0.717) is 0 Å². The Balaban J connectivity index is 0.00000100. The monoisotopic (exact) mass is 337 g/mol. The van der Waals surface area contributed by atoms with Crippen molar-refractivity contribution >= 4 is 10.9 Å². The van der Waals surface area contributed by atoms with Crippen LogP contribution in [0.3, 0.4) is 0 Å². The van der Waals surface area contributed by atoms with Crippen LogP contribution in [-0.4, -0.2) is 49.9 Å². The molecule has 1 fully saturated rings. The molecule has 3 rings (SSSR count). The van der Waals surface area contributed by atoms with Crippen molar-refractivity contribution in [2.75, 3.05) is 6.61 Å². The number of fused-ring (bicyclic) bond motifs is 1. The maximum Gasteiger partial charge on any atom is 0.110 e. The van der Waals surface area contributed by atoms with E-state index in [2.05, 4.69) is 0 Å². The molecule has 0 radical (unpaired) electrons. The van der Waals surface area contributed by atoms with E-state index in [1.54, 1.807) is 0 Å². The Hall–Kier alpha value is -1.44. The summed E-state index contributed by atoms with van der Waals surface area (Å²) in [4.78, 5) is 0. The van der Waals surface area contributed by atoms with Gasteiger partial charge in [-0.15, -0.1) is 0 Å². The van der Waals surface area contributed by atoms with Crippen molar-refractivity contribution < 1.29 is 25.2 Å². The van der Waals surface area contributed by atoms with Gasteiger partial charge in [0.2, 0.25) is 0 Å². The van der Waals surface area contributed by atoms with Crippen molar-refractivity contribution in [2.24, 2.45) is 7.05 Å². The first-order valence-electron chi connectivity index (χ1n) is 8.36. The maximum absolute atomic E-state index is 9.99. The van der Waals surface area contributed by atoms with Crippen molar-refractivity contribution in [3.8, 4) is 0 Å². The van der Waals surface area contributed by atoms with Crippen LogP contribution in [0.25, 0.3) is 10.9 Å². The van der Waals surface area contributed by atoms with Crippen molar-refractivity contribution in [3.63, 3.8) is 0 Å². The van der Waals surface area contributed by atoms with Gasteiger partial charge in [-0.05, 0) is 34.7 Å². The first-order valence-corrected chi connectivity index (χ1v) is 8.36. The molecule has 4 atom stereocenters. The fraction of sp³-hybridized carbons (Fsp3) is 0.556. The van der Waals surface area contributed by atoms with E-state index in [9.17, 15) is 20.4 Å². The lowest BCUT2D eigenvalue weighted by Gasteiger charge is -2.37. The summed E-state index contributed by atoms with van der Waals surface area (Å²) in [5.74, 6) is 0. The van der Waals surface area contributed by atoms with Gasteiger partial charge in [0, 0.05) is 25.2 Å². The van der Waals surface area contributed by atoms with E-state index in [1.165, 1.54) is 0 Å². The van der Waals surface area contributed by atoms with Gasteiger partial charge in [-0.3, -0.25) is 0 Å². The summed E-state index contributed by atoms with van der Waals surface area (Å²) in [6.45, 7) is 3.50. The number of aliphatic hydroxyl groups excluding tert-OH is 4. The highest BCUT2D eigenvalue weighted by Crippen LogP contribution is 2.35. The van der Waals surface area contributed by atoms with Gasteiger partial charge in [-0.25, -0.2) is 0 Å². The van der Waals surface area contributed by atoms with Gasteiger partial charge >= 0.3 is 0 Å². The Kier molecular flexibility index (Phi) is 6.37. The average molecular weight is 337 g/mol. The summed E-state index contributed by atoms with van der Waals surface area (Å²) in [5.41, 5.74) is 2.50. The molecule has 1 aliphatic rings. The number of hydrogen-bond donors (Lipinski definition) is 4. The largest absolute Gasteiger partial charge is 0.394 e. The molecule has 1 saturated heterocycles. The van der Waals surface area contributed by atoms with Crippen molar-refractivity contribution in [2.45, 2.75) is 51.3 Å². The van der Waals surface area contributed by atoms with Gasteiger partial charge in [0.1, 0.15) is 12.2 Å². The third kappa shape index (κ3) is 3.48. The number of nitrogens with zero attached hydrogens (tertiary/aromatic N) is 1. The molecule has 6 nitrogen and oxygen atoms in total. The van der Waals surface area contributed by atoms with E-state index >= 15 is 0 Å². The number of hydrogen-bond acceptors (Lipinski definition) is 5. The zero-order valence-corrected chi connectivity index (χ0v) is 14.4. The molecule has 1 aromatic heterocycles. The topological polar surface area (TPSA) is 95.1 Å². The number of aryl methyl sites for hydroxylation is 1. The minimum atomic E-state index is -1.10. The van der Waals surface area contributed by atoms with Crippen LogP contribution in [0.4, 0.5) is 0 Å². The van der Waals surface area contributed by atoms with Gasteiger partial charge in [0.05, 0.1) is 25.4 Å². The fourth-order valence-electron chi connectivity index (χ4n) is 3.12. The zero-order valence-electron chi connectivity index (χ0n) is 14.4. The van der Waals surface area contributed by atoms with Crippen molar-refractivity contribution in [1.29, 1.82) is 0 Å². The lowest BCUT2D eigenvalue weighted by Crippen LogP contribution is -2.47. The SMILES string of the molecule is CC.Cn1ccc2cc(CO)c(C3CC(O)[C@H](O)C(CO)O3)cc21. The highest BCUT2D eigenvalue weighted by molar-refractivity contribution is 5.82. The normalized spacial score (nSPS) is 27.0. The van der Waals surface area contributed by atoms with Crippen LogP contribution in [0.15, 0.2) is 24.4 Å². The molecule has 0 saturated carbocycles. The Bertz CT molecular complexity index is 669. The van der Waals surface area contributed by atoms with Crippen LogP contribution in [0.1, 0.15) is 37.5 Å². The molecule has 2 heterocycles. The Morgan fingerprint density at radius 3 is 2.54 bits per heavy atom. The summed E-state index contributed by atoms with van der Waals surface area (Å²) in [5, 5.41) is 39.8. The number of aliphatic hydroxyl groups is 4. The molecule has 0 amide bonds. The molecular weight excluding hydrogens is 310 g/mol. The minimum absolute atomic E-state index is 0.136. The molecule has 4 N–H and O–H groups in total. The van der Waals surface area contributed by atoms with Crippen LogP contribution < -0.4 is 0 Å². The predicted molar refractivity (Wildman–Crippen MR) is 91.5 cm³/mol. The molecule has 3 unspecified atom stereocenters. The molecule has 1 aliphatic heterocycles. The number of benzene rings is 1. The molecule has 0 spiro atoms. The summed E-state index contributed by atoms with van der Waals surface area (Å²) in [7, 11) is 1.93. The molecule has 1 aromatic carbocycles. The molecular formula is C18H27NO5. The summed E-state index contributed by atoms with van der Waals surface area (Å²) < 4.78 is 7.70. The van der Waals surface area contributed by atoms with Gasteiger partial charge < -0.3 is 29.7 Å². The fourth-order valence-corrected chi connectivity index (χ4v) is 3.12. The Labute approximate surface area is 141 Å². The minimum Gasteiger partial charge on any atom is -0.394 e. The average Bonchev–Trinajstić information content (AvgIpc) is 2.98. The van der Waals surface area contributed by atoms with E-state index in [1.807, 2.05) is 49.9 Å². The van der Waals surface area contributed by atoms with Crippen LogP contribution in [0, 0.1) is 0 Å². The second-order valence-corrected chi connectivity index (χ2v) is 5.83. The van der Waals surface area contributed by atoms with Gasteiger partial charge in [-0.2, -0.15) is 0 Å². The van der Waals surface area contributed by atoms with Gasteiger partial charge in [0.25, 0.3) is 0 Å². The lowest BCUT2D eigenvalue weighted by atomic mass is 9.91. The highest BCUT2D eigenvalue weighted by Gasteiger charge is 2.37. The van der Waals surface area contributed by atoms with E-state index < -0.39 is 24.4 Å². The second kappa shape index (κ2) is 8.09. The smallest absolute Gasteiger partial charge is 0.110 e. The molecule has 6 heteroatoms. The first kappa shape index (κ1) is 18.9. The third-order valence-electron chi connectivity index (χ3n) is 4.41. The Morgan fingerprint density at radius 1 is 1.21 bits per heavy atom. The molecule has 134 valence electrons.